The number of carbonyl (C=O) groups excluding carboxylic acids is 1. The molecule has 1 rings (SSSR count). The van der Waals surface area contributed by atoms with Gasteiger partial charge in [0, 0.05) is 6.07 Å². The van der Waals surface area contributed by atoms with Gasteiger partial charge in [-0.2, -0.15) is 0 Å². The zero-order chi connectivity index (χ0) is 16.4. The minimum atomic E-state index is -1.38. The van der Waals surface area contributed by atoms with E-state index in [1.807, 2.05) is 0 Å². The minimum absolute atomic E-state index is 0.368. The molecular weight excluding hydrogens is 280 g/mol. The number of benzene rings is 1. The molecule has 0 fully saturated rings. The topological polar surface area (TPSA) is 119 Å². The molecule has 21 heavy (non-hydrogen) atoms. The van der Waals surface area contributed by atoms with Gasteiger partial charge in [0.05, 0.1) is 10.5 Å². The number of rotatable bonds is 3. The smallest absolute Gasteiger partial charge is 0.412 e. The molecule has 0 bridgehead atoms. The van der Waals surface area contributed by atoms with Crippen LogP contribution < -0.4 is 5.32 Å². The molecule has 2 N–H and O–H groups in total. The second-order valence-corrected chi connectivity index (χ2v) is 5.40. The molecule has 0 aliphatic rings. The molecule has 1 aromatic carbocycles. The van der Waals surface area contributed by atoms with Crippen molar-refractivity contribution in [2.75, 3.05) is 5.32 Å². The lowest BCUT2D eigenvalue weighted by molar-refractivity contribution is -0.384. The molecule has 0 aromatic heterocycles. The van der Waals surface area contributed by atoms with Crippen LogP contribution in [0.5, 0.6) is 0 Å². The lowest BCUT2D eigenvalue weighted by Gasteiger charge is -2.20. The van der Waals surface area contributed by atoms with E-state index in [4.69, 9.17) is 9.84 Å². The number of amides is 1. The highest BCUT2D eigenvalue weighted by Gasteiger charge is 2.26. The van der Waals surface area contributed by atoms with Gasteiger partial charge >= 0.3 is 12.1 Å². The normalized spacial score (nSPS) is 10.9. The zero-order valence-corrected chi connectivity index (χ0v) is 12.1. The number of nitro benzene ring substituents is 1. The van der Waals surface area contributed by atoms with Crippen LogP contribution >= 0.6 is 0 Å². The Balaban J connectivity index is 3.29. The summed E-state index contributed by atoms with van der Waals surface area (Å²) in [6.07, 6.45) is -0.961. The third kappa shape index (κ3) is 4.44. The van der Waals surface area contributed by atoms with Crippen molar-refractivity contribution in [3.8, 4) is 0 Å². The predicted molar refractivity (Wildman–Crippen MR) is 74.6 cm³/mol. The quantitative estimate of drug-likeness (QED) is 0.653. The maximum atomic E-state index is 11.7. The van der Waals surface area contributed by atoms with Crippen molar-refractivity contribution in [2.45, 2.75) is 33.3 Å². The van der Waals surface area contributed by atoms with Crippen LogP contribution in [0.2, 0.25) is 0 Å². The van der Waals surface area contributed by atoms with Crippen LogP contribution in [0.25, 0.3) is 0 Å². The maximum absolute atomic E-state index is 11.7. The Bertz CT molecular complexity index is 568. The number of hydrogen-bond acceptors (Lipinski definition) is 5. The standard InChI is InChI=1S/C13H16N2O6/c1-7-5-8(11(16)17)10(9(6-7)15(19)20)14-12(18)21-13(2,3)4/h5-6H,1-4H3,(H,14,18)(H,16,17). The lowest BCUT2D eigenvalue weighted by atomic mass is 10.1. The van der Waals surface area contributed by atoms with Crippen LogP contribution in [-0.4, -0.2) is 27.7 Å². The Morgan fingerprint density at radius 1 is 1.33 bits per heavy atom. The van der Waals surface area contributed by atoms with Gasteiger partial charge in [0.25, 0.3) is 5.69 Å². The van der Waals surface area contributed by atoms with E-state index in [0.717, 1.165) is 0 Å². The van der Waals surface area contributed by atoms with E-state index in [9.17, 15) is 19.7 Å². The molecule has 0 saturated carbocycles. The van der Waals surface area contributed by atoms with Gasteiger partial charge in [-0.05, 0) is 39.3 Å². The minimum Gasteiger partial charge on any atom is -0.478 e. The highest BCUT2D eigenvalue weighted by molar-refractivity contribution is 6.02. The lowest BCUT2D eigenvalue weighted by Crippen LogP contribution is -2.28. The Kier molecular flexibility index (Phi) is 4.52. The van der Waals surface area contributed by atoms with Crippen LogP contribution in [0.1, 0.15) is 36.7 Å². The van der Waals surface area contributed by atoms with Gasteiger partial charge < -0.3 is 9.84 Å². The number of aryl methyl sites for hydroxylation is 1. The van der Waals surface area contributed by atoms with E-state index in [2.05, 4.69) is 5.32 Å². The van der Waals surface area contributed by atoms with Crippen LogP contribution in [-0.2, 0) is 4.74 Å². The molecule has 114 valence electrons. The van der Waals surface area contributed by atoms with Gasteiger partial charge in [0.15, 0.2) is 0 Å². The van der Waals surface area contributed by atoms with Crippen molar-refractivity contribution in [2.24, 2.45) is 0 Å². The Hall–Kier alpha value is -2.64. The molecule has 1 aromatic rings. The van der Waals surface area contributed by atoms with E-state index in [1.54, 1.807) is 20.8 Å². The Morgan fingerprint density at radius 3 is 2.33 bits per heavy atom. The first-order valence-electron chi connectivity index (χ1n) is 6.03. The molecule has 0 radical (unpaired) electrons. The summed E-state index contributed by atoms with van der Waals surface area (Å²) in [5.74, 6) is -1.38. The summed E-state index contributed by atoms with van der Waals surface area (Å²) in [4.78, 5) is 33.2. The third-order valence-corrected chi connectivity index (χ3v) is 2.31. The van der Waals surface area contributed by atoms with Gasteiger partial charge in [-0.25, -0.2) is 9.59 Å². The highest BCUT2D eigenvalue weighted by Crippen LogP contribution is 2.30. The summed E-state index contributed by atoms with van der Waals surface area (Å²) in [6.45, 7) is 6.38. The number of nitrogens with one attached hydrogen (secondary N) is 1. The van der Waals surface area contributed by atoms with Gasteiger partial charge in [-0.3, -0.25) is 15.4 Å². The maximum Gasteiger partial charge on any atom is 0.412 e. The second kappa shape index (κ2) is 5.78. The van der Waals surface area contributed by atoms with Crippen molar-refractivity contribution in [3.05, 3.63) is 33.4 Å². The Morgan fingerprint density at radius 2 is 1.90 bits per heavy atom. The molecule has 0 aliphatic carbocycles. The predicted octanol–water partition coefficient (Wildman–Crippen LogP) is 2.95. The average molecular weight is 296 g/mol. The first-order chi connectivity index (χ1) is 9.51. The SMILES string of the molecule is Cc1cc(C(=O)O)c(NC(=O)OC(C)(C)C)c([N+](=O)[O-])c1. The van der Waals surface area contributed by atoms with E-state index in [0.29, 0.717) is 5.56 Å². The van der Waals surface area contributed by atoms with Gasteiger partial charge in [0.2, 0.25) is 0 Å². The van der Waals surface area contributed by atoms with Crippen LogP contribution in [0, 0.1) is 17.0 Å². The number of nitrogens with zero attached hydrogens (tertiary/aromatic N) is 1. The summed E-state index contributed by atoms with van der Waals surface area (Å²) in [7, 11) is 0. The van der Waals surface area contributed by atoms with Crippen molar-refractivity contribution < 1.29 is 24.4 Å². The van der Waals surface area contributed by atoms with Crippen molar-refractivity contribution >= 4 is 23.4 Å². The molecule has 0 heterocycles. The summed E-state index contributed by atoms with van der Waals surface area (Å²) in [5, 5.41) is 22.3. The van der Waals surface area contributed by atoms with Crippen molar-refractivity contribution in [1.82, 2.24) is 0 Å². The number of ether oxygens (including phenoxy) is 1. The van der Waals surface area contributed by atoms with E-state index < -0.39 is 34.0 Å². The molecule has 0 unspecified atom stereocenters. The van der Waals surface area contributed by atoms with E-state index in [1.165, 1.54) is 19.1 Å². The highest BCUT2D eigenvalue weighted by atomic mass is 16.6. The molecule has 1 amide bonds. The number of carbonyl (C=O) groups is 2. The largest absolute Gasteiger partial charge is 0.478 e. The number of anilines is 1. The Labute approximate surface area is 120 Å². The fourth-order valence-corrected chi connectivity index (χ4v) is 1.62. The number of aromatic carboxylic acids is 1. The van der Waals surface area contributed by atoms with Crippen LogP contribution in [0.4, 0.5) is 16.2 Å². The third-order valence-electron chi connectivity index (χ3n) is 2.31. The fourth-order valence-electron chi connectivity index (χ4n) is 1.62. The van der Waals surface area contributed by atoms with Gasteiger partial charge in [-0.1, -0.05) is 0 Å². The molecule has 0 spiro atoms. The zero-order valence-electron chi connectivity index (χ0n) is 12.1. The molecule has 0 aliphatic heterocycles. The monoisotopic (exact) mass is 296 g/mol. The van der Waals surface area contributed by atoms with Gasteiger partial charge in [-0.15, -0.1) is 0 Å². The number of nitro groups is 1. The van der Waals surface area contributed by atoms with E-state index in [-0.39, 0.29) is 5.56 Å². The number of carboxylic acids is 1. The summed E-state index contributed by atoms with van der Waals surface area (Å²) in [5.41, 5.74) is -1.68. The average Bonchev–Trinajstić information content (AvgIpc) is 2.27. The number of carboxylic acid groups (broad SMARTS) is 1. The summed E-state index contributed by atoms with van der Waals surface area (Å²) in [6, 6.07) is 2.42. The fraction of sp³-hybridized carbons (Fsp3) is 0.385. The van der Waals surface area contributed by atoms with Crippen molar-refractivity contribution in [1.29, 1.82) is 0 Å². The molecule has 8 heteroatoms. The molecule has 0 saturated heterocycles. The first-order valence-corrected chi connectivity index (χ1v) is 6.03. The summed E-state index contributed by atoms with van der Waals surface area (Å²) >= 11 is 0. The summed E-state index contributed by atoms with van der Waals surface area (Å²) < 4.78 is 4.98. The first kappa shape index (κ1) is 16.4. The van der Waals surface area contributed by atoms with E-state index >= 15 is 0 Å². The molecular formula is C13H16N2O6. The van der Waals surface area contributed by atoms with Crippen molar-refractivity contribution in [3.63, 3.8) is 0 Å². The number of hydrogen-bond donors (Lipinski definition) is 2. The van der Waals surface area contributed by atoms with Gasteiger partial charge in [0.1, 0.15) is 11.3 Å². The second-order valence-electron chi connectivity index (χ2n) is 5.40. The van der Waals surface area contributed by atoms with Crippen LogP contribution in [0.3, 0.4) is 0 Å². The molecule has 0 atom stereocenters. The van der Waals surface area contributed by atoms with Crippen LogP contribution in [0.15, 0.2) is 12.1 Å². The molecule has 8 nitrogen and oxygen atoms in total.